The van der Waals surface area contributed by atoms with Gasteiger partial charge in [0.2, 0.25) is 10.0 Å². The first-order chi connectivity index (χ1) is 14.6. The average Bonchev–Trinajstić information content (AvgIpc) is 3.35. The standard InChI is InChI=1S/C19H18F3N5O3S/c1-10-7-24-18(30-10)11-4-12-6-15-14(9-25-26-15)16(5-11)27(12)31(28,29)13-2-3-17(23-8-13)19(20,21)22/h2-3,7-9,11-12,16H,4-6H2,1H3,(H,25,26). The van der Waals surface area contributed by atoms with Gasteiger partial charge in [0.05, 0.1) is 18.4 Å². The van der Waals surface area contributed by atoms with Gasteiger partial charge in [-0.1, -0.05) is 0 Å². The van der Waals surface area contributed by atoms with Crippen molar-refractivity contribution < 1.29 is 26.0 Å². The van der Waals surface area contributed by atoms with Crippen LogP contribution in [0.15, 0.2) is 40.0 Å². The molecule has 12 heteroatoms. The molecule has 0 radical (unpaired) electrons. The molecule has 0 aromatic carbocycles. The van der Waals surface area contributed by atoms with Gasteiger partial charge in [-0.2, -0.15) is 22.6 Å². The lowest BCUT2D eigenvalue weighted by molar-refractivity contribution is -0.141. The van der Waals surface area contributed by atoms with E-state index in [1.807, 2.05) is 0 Å². The first kappa shape index (κ1) is 20.2. The predicted octanol–water partition coefficient (Wildman–Crippen LogP) is 3.35. The van der Waals surface area contributed by atoms with Crippen LogP contribution in [0.1, 0.15) is 53.4 Å². The number of oxazole rings is 1. The molecular weight excluding hydrogens is 435 g/mol. The number of aryl methyl sites for hydroxylation is 1. The number of aromatic nitrogens is 4. The van der Waals surface area contributed by atoms with E-state index < -0.39 is 34.0 Å². The van der Waals surface area contributed by atoms with Crippen LogP contribution < -0.4 is 0 Å². The Bertz CT molecular complexity index is 1220. The second-order valence-corrected chi connectivity index (χ2v) is 9.71. The topological polar surface area (TPSA) is 105 Å². The van der Waals surface area contributed by atoms with Crippen LogP contribution in [0.3, 0.4) is 0 Å². The van der Waals surface area contributed by atoms with E-state index in [9.17, 15) is 21.6 Å². The van der Waals surface area contributed by atoms with E-state index in [1.165, 1.54) is 4.31 Å². The van der Waals surface area contributed by atoms with Crippen molar-refractivity contribution in [3.8, 4) is 0 Å². The van der Waals surface area contributed by atoms with Crippen molar-refractivity contribution in [2.24, 2.45) is 0 Å². The Morgan fingerprint density at radius 2 is 1.97 bits per heavy atom. The van der Waals surface area contributed by atoms with Crippen molar-refractivity contribution in [2.45, 2.75) is 55.3 Å². The van der Waals surface area contributed by atoms with Crippen LogP contribution >= 0.6 is 0 Å². The van der Waals surface area contributed by atoms with Crippen molar-refractivity contribution in [1.29, 1.82) is 0 Å². The summed E-state index contributed by atoms with van der Waals surface area (Å²) in [6.45, 7) is 1.79. The maximum Gasteiger partial charge on any atom is 0.433 e. The summed E-state index contributed by atoms with van der Waals surface area (Å²) < 4.78 is 72.6. The largest absolute Gasteiger partial charge is 0.446 e. The summed E-state index contributed by atoms with van der Waals surface area (Å²) in [5.41, 5.74) is 0.489. The fraction of sp³-hybridized carbons (Fsp3) is 0.421. The molecule has 0 aliphatic carbocycles. The molecule has 3 atom stereocenters. The number of hydrogen-bond donors (Lipinski definition) is 1. The SMILES string of the molecule is Cc1cnc(C2CC3Cc4[nH]ncc4C(C2)N3S(=O)(=O)c2ccc(C(F)(F)F)nc2)o1. The molecule has 1 N–H and O–H groups in total. The van der Waals surface area contributed by atoms with Crippen LogP contribution in [0, 0.1) is 6.92 Å². The summed E-state index contributed by atoms with van der Waals surface area (Å²) in [4.78, 5) is 7.37. The van der Waals surface area contributed by atoms with Crippen molar-refractivity contribution in [3.63, 3.8) is 0 Å². The van der Waals surface area contributed by atoms with Gasteiger partial charge < -0.3 is 4.42 Å². The van der Waals surface area contributed by atoms with Gasteiger partial charge in [0, 0.05) is 35.8 Å². The molecule has 2 aliphatic heterocycles. The number of alkyl halides is 3. The van der Waals surface area contributed by atoms with Crippen LogP contribution in [0.25, 0.3) is 0 Å². The van der Waals surface area contributed by atoms with Crippen molar-refractivity contribution in [3.05, 3.63) is 59.3 Å². The van der Waals surface area contributed by atoms with Crippen molar-refractivity contribution >= 4 is 10.0 Å². The number of sulfonamides is 1. The number of H-pyrrole nitrogens is 1. The van der Waals surface area contributed by atoms with E-state index >= 15 is 0 Å². The Morgan fingerprint density at radius 1 is 1.16 bits per heavy atom. The molecule has 5 heterocycles. The van der Waals surface area contributed by atoms with Crippen LogP contribution in [-0.2, 0) is 22.6 Å². The van der Waals surface area contributed by atoms with E-state index in [2.05, 4.69) is 20.2 Å². The molecule has 1 saturated heterocycles. The molecule has 1 fully saturated rings. The van der Waals surface area contributed by atoms with E-state index in [0.717, 1.165) is 23.5 Å². The third kappa shape index (κ3) is 3.33. The molecular formula is C19H18F3N5O3S. The van der Waals surface area contributed by atoms with Gasteiger partial charge in [-0.05, 0) is 31.9 Å². The number of piperidine rings is 1. The molecule has 3 aromatic heterocycles. The van der Waals surface area contributed by atoms with Crippen LogP contribution in [-0.4, -0.2) is 38.9 Å². The molecule has 31 heavy (non-hydrogen) atoms. The first-order valence-corrected chi connectivity index (χ1v) is 11.1. The van der Waals surface area contributed by atoms with Crippen molar-refractivity contribution in [1.82, 2.24) is 24.5 Å². The number of nitrogens with one attached hydrogen (secondary N) is 1. The van der Waals surface area contributed by atoms with E-state index in [0.29, 0.717) is 37.0 Å². The molecule has 5 rings (SSSR count). The Kier molecular flexibility index (Phi) is 4.49. The lowest BCUT2D eigenvalue weighted by atomic mass is 9.79. The summed E-state index contributed by atoms with van der Waals surface area (Å²) >= 11 is 0. The molecule has 2 bridgehead atoms. The molecule has 0 spiro atoms. The normalized spacial score (nSPS) is 24.2. The highest BCUT2D eigenvalue weighted by Crippen LogP contribution is 2.49. The minimum absolute atomic E-state index is 0.0797. The zero-order valence-electron chi connectivity index (χ0n) is 16.3. The van der Waals surface area contributed by atoms with Crippen LogP contribution in [0.5, 0.6) is 0 Å². The Morgan fingerprint density at radius 3 is 2.61 bits per heavy atom. The molecule has 0 amide bonds. The van der Waals surface area contributed by atoms with E-state index in [1.54, 1.807) is 19.3 Å². The highest BCUT2D eigenvalue weighted by atomic mass is 32.2. The predicted molar refractivity (Wildman–Crippen MR) is 100 cm³/mol. The van der Waals surface area contributed by atoms with Gasteiger partial charge in [-0.25, -0.2) is 13.4 Å². The van der Waals surface area contributed by atoms with Crippen LogP contribution in [0.4, 0.5) is 13.2 Å². The Hall–Kier alpha value is -2.73. The lowest BCUT2D eigenvalue weighted by Crippen LogP contribution is -2.51. The summed E-state index contributed by atoms with van der Waals surface area (Å²) in [5, 5.41) is 7.00. The Balaban J connectivity index is 1.53. The monoisotopic (exact) mass is 453 g/mol. The van der Waals surface area contributed by atoms with Gasteiger partial charge in [0.1, 0.15) is 16.3 Å². The number of aromatic amines is 1. The highest BCUT2D eigenvalue weighted by Gasteiger charge is 2.49. The highest BCUT2D eigenvalue weighted by molar-refractivity contribution is 7.89. The summed E-state index contributed by atoms with van der Waals surface area (Å²) in [6.07, 6.45) is 0.677. The molecule has 8 nitrogen and oxygen atoms in total. The van der Waals surface area contributed by atoms with Gasteiger partial charge in [0.25, 0.3) is 0 Å². The maximum atomic E-state index is 13.5. The molecule has 0 saturated carbocycles. The van der Waals surface area contributed by atoms with E-state index in [4.69, 9.17) is 4.42 Å². The summed E-state index contributed by atoms with van der Waals surface area (Å²) in [6, 6.07) is 0.691. The zero-order chi connectivity index (χ0) is 22.0. The maximum absolute atomic E-state index is 13.5. The van der Waals surface area contributed by atoms with Gasteiger partial charge in [0.15, 0.2) is 5.89 Å². The van der Waals surface area contributed by atoms with Crippen LogP contribution in [0.2, 0.25) is 0 Å². The fourth-order valence-corrected chi connectivity index (χ4v) is 6.31. The Labute approximate surface area is 175 Å². The van der Waals surface area contributed by atoms with Crippen molar-refractivity contribution in [2.75, 3.05) is 0 Å². The zero-order valence-corrected chi connectivity index (χ0v) is 17.1. The third-order valence-electron chi connectivity index (χ3n) is 5.87. The summed E-state index contributed by atoms with van der Waals surface area (Å²) in [5.74, 6) is 1.16. The van der Waals surface area contributed by atoms with Gasteiger partial charge in [-0.15, -0.1) is 0 Å². The quantitative estimate of drug-likeness (QED) is 0.652. The summed E-state index contributed by atoms with van der Waals surface area (Å²) in [7, 11) is -4.09. The second kappa shape index (κ2) is 6.89. The lowest BCUT2D eigenvalue weighted by Gasteiger charge is -2.46. The minimum atomic E-state index is -4.64. The molecule has 3 unspecified atom stereocenters. The second-order valence-electron chi connectivity index (χ2n) is 7.87. The smallest absolute Gasteiger partial charge is 0.433 e. The number of pyridine rings is 1. The minimum Gasteiger partial charge on any atom is -0.446 e. The molecule has 164 valence electrons. The average molecular weight is 453 g/mol. The van der Waals surface area contributed by atoms with Gasteiger partial charge >= 0.3 is 6.18 Å². The third-order valence-corrected chi connectivity index (χ3v) is 7.82. The molecule has 2 aliphatic rings. The van der Waals surface area contributed by atoms with E-state index in [-0.39, 0.29) is 10.8 Å². The number of halogens is 3. The first-order valence-electron chi connectivity index (χ1n) is 9.66. The number of nitrogens with zero attached hydrogens (tertiary/aromatic N) is 4. The fourth-order valence-electron chi connectivity index (χ4n) is 4.55. The van der Waals surface area contributed by atoms with Gasteiger partial charge in [-0.3, -0.25) is 10.1 Å². The number of rotatable bonds is 3. The number of hydrogen-bond acceptors (Lipinski definition) is 6. The number of fused-ring (bicyclic) bond motifs is 4. The molecule has 3 aromatic rings.